The summed E-state index contributed by atoms with van der Waals surface area (Å²) in [5.41, 5.74) is 0. The first-order chi connectivity index (χ1) is 4.16. The van der Waals surface area contributed by atoms with E-state index in [1.807, 2.05) is 0 Å². The van der Waals surface area contributed by atoms with Gasteiger partial charge in [-0.3, -0.25) is 4.99 Å². The Morgan fingerprint density at radius 3 is 2.44 bits per heavy atom. The average molecular weight is 205 g/mol. The van der Waals surface area contributed by atoms with E-state index < -0.39 is 0 Å². The molecular weight excluding hydrogens is 200 g/mol. The molecule has 0 spiro atoms. The van der Waals surface area contributed by atoms with Crippen LogP contribution in [0, 0.1) is 0 Å². The van der Waals surface area contributed by atoms with Gasteiger partial charge >= 0.3 is 0 Å². The number of halogens is 3. The van der Waals surface area contributed by atoms with E-state index in [2.05, 4.69) is 11.6 Å². The maximum absolute atomic E-state index is 5.39. The van der Waals surface area contributed by atoms with Gasteiger partial charge in [0.15, 0.2) is 4.50 Å². The quantitative estimate of drug-likeness (QED) is 0.497. The molecule has 0 aromatic heterocycles. The monoisotopic (exact) mass is 203 g/mol. The summed E-state index contributed by atoms with van der Waals surface area (Å²) in [4.78, 5) is 3.72. The smallest absolute Gasteiger partial charge is 0.174 e. The first-order valence-electron chi connectivity index (χ1n) is 1.98. The molecule has 0 aromatic carbocycles. The van der Waals surface area contributed by atoms with Gasteiger partial charge in [-0.2, -0.15) is 0 Å². The molecular formula is C4H4Cl3NS. The molecule has 9 heavy (non-hydrogen) atoms. The zero-order valence-electron chi connectivity index (χ0n) is 4.40. The summed E-state index contributed by atoms with van der Waals surface area (Å²) in [5, 5.41) is 0.443. The SMILES string of the molecule is C=C(Cl)C/N=C(\Cl)SCl. The molecule has 0 N–H and O–H groups in total. The normalized spacial score (nSPS) is 11.7. The van der Waals surface area contributed by atoms with Gasteiger partial charge in [-0.25, -0.2) is 0 Å². The zero-order valence-corrected chi connectivity index (χ0v) is 7.49. The van der Waals surface area contributed by atoms with Crippen molar-refractivity contribution in [1.29, 1.82) is 0 Å². The third-order valence-electron chi connectivity index (χ3n) is 0.439. The lowest BCUT2D eigenvalue weighted by Crippen LogP contribution is -1.80. The molecule has 0 saturated carbocycles. The van der Waals surface area contributed by atoms with E-state index >= 15 is 0 Å². The molecule has 0 aliphatic heterocycles. The van der Waals surface area contributed by atoms with Crippen molar-refractivity contribution in [1.82, 2.24) is 0 Å². The Morgan fingerprint density at radius 2 is 2.11 bits per heavy atom. The van der Waals surface area contributed by atoms with Crippen LogP contribution in [0.4, 0.5) is 0 Å². The third kappa shape index (κ3) is 6.52. The summed E-state index contributed by atoms with van der Waals surface area (Å²) in [5.74, 6) is 0. The van der Waals surface area contributed by atoms with Crippen LogP contribution in [0.2, 0.25) is 0 Å². The Balaban J connectivity index is 3.56. The van der Waals surface area contributed by atoms with Crippen molar-refractivity contribution in [3.05, 3.63) is 11.6 Å². The van der Waals surface area contributed by atoms with Gasteiger partial charge in [0.2, 0.25) is 0 Å². The molecule has 52 valence electrons. The molecule has 0 fully saturated rings. The van der Waals surface area contributed by atoms with Gasteiger partial charge in [-0.1, -0.05) is 29.8 Å². The highest BCUT2D eigenvalue weighted by molar-refractivity contribution is 8.34. The van der Waals surface area contributed by atoms with Crippen molar-refractivity contribution in [2.45, 2.75) is 0 Å². The fourth-order valence-corrected chi connectivity index (χ4v) is 0.552. The molecule has 0 atom stereocenters. The summed E-state index contributed by atoms with van der Waals surface area (Å²) in [6.45, 7) is 3.73. The fraction of sp³-hybridized carbons (Fsp3) is 0.250. The predicted molar refractivity (Wildman–Crippen MR) is 46.6 cm³/mol. The number of nitrogens with zero attached hydrogens (tertiary/aromatic N) is 1. The fourth-order valence-electron chi connectivity index (χ4n) is 0.172. The van der Waals surface area contributed by atoms with Gasteiger partial charge < -0.3 is 0 Å². The molecule has 0 aliphatic rings. The van der Waals surface area contributed by atoms with Gasteiger partial charge in [-0.15, -0.1) is 0 Å². The van der Waals surface area contributed by atoms with Crippen LogP contribution >= 0.6 is 44.9 Å². The topological polar surface area (TPSA) is 12.4 Å². The number of hydrogen-bond donors (Lipinski definition) is 0. The lowest BCUT2D eigenvalue weighted by Gasteiger charge is -1.88. The van der Waals surface area contributed by atoms with Crippen molar-refractivity contribution in [2.24, 2.45) is 4.99 Å². The van der Waals surface area contributed by atoms with Crippen LogP contribution in [-0.2, 0) is 0 Å². The second kappa shape index (κ2) is 5.42. The van der Waals surface area contributed by atoms with E-state index in [0.717, 1.165) is 11.0 Å². The molecule has 1 nitrogen and oxygen atoms in total. The summed E-state index contributed by atoms with van der Waals surface area (Å²) < 4.78 is 0.276. The van der Waals surface area contributed by atoms with Gasteiger partial charge in [0.1, 0.15) is 0 Å². The van der Waals surface area contributed by atoms with Crippen LogP contribution in [0.1, 0.15) is 0 Å². The van der Waals surface area contributed by atoms with E-state index in [9.17, 15) is 0 Å². The highest BCUT2D eigenvalue weighted by atomic mass is 35.7. The highest BCUT2D eigenvalue weighted by Gasteiger charge is 1.90. The Kier molecular flexibility index (Phi) is 5.80. The van der Waals surface area contributed by atoms with E-state index in [4.69, 9.17) is 33.9 Å². The van der Waals surface area contributed by atoms with Crippen molar-refractivity contribution < 1.29 is 0 Å². The van der Waals surface area contributed by atoms with Gasteiger partial charge in [0.05, 0.1) is 6.54 Å². The number of aliphatic imine (C=N–C) groups is 1. The first-order valence-corrected chi connectivity index (χ1v) is 4.38. The molecule has 5 heteroatoms. The third-order valence-corrected chi connectivity index (χ3v) is 1.84. The molecule has 0 heterocycles. The largest absolute Gasteiger partial charge is 0.261 e. The zero-order chi connectivity index (χ0) is 7.28. The van der Waals surface area contributed by atoms with Crippen LogP contribution in [-0.4, -0.2) is 11.0 Å². The van der Waals surface area contributed by atoms with Crippen LogP contribution in [0.3, 0.4) is 0 Å². The maximum Gasteiger partial charge on any atom is 0.174 e. The van der Waals surface area contributed by atoms with E-state index in [1.165, 1.54) is 0 Å². The van der Waals surface area contributed by atoms with E-state index in [1.54, 1.807) is 0 Å². The molecule has 0 unspecified atom stereocenters. The molecule has 0 rings (SSSR count). The van der Waals surface area contributed by atoms with Crippen molar-refractivity contribution in [3.8, 4) is 0 Å². The van der Waals surface area contributed by atoms with E-state index in [-0.39, 0.29) is 4.50 Å². The first kappa shape index (κ1) is 9.63. The summed E-state index contributed by atoms with van der Waals surface area (Å²) >= 11 is 10.8. The Bertz CT molecular complexity index is 134. The average Bonchev–Trinajstić information content (AvgIpc) is 1.83. The van der Waals surface area contributed by atoms with Crippen LogP contribution in [0.5, 0.6) is 0 Å². The number of rotatable bonds is 2. The second-order valence-corrected chi connectivity index (χ2v) is 3.28. The van der Waals surface area contributed by atoms with Crippen LogP contribution in [0.15, 0.2) is 16.6 Å². The lowest BCUT2D eigenvalue weighted by atomic mass is 10.6. The minimum Gasteiger partial charge on any atom is -0.261 e. The van der Waals surface area contributed by atoms with Gasteiger partial charge in [-0.05, 0) is 10.7 Å². The molecule has 0 amide bonds. The maximum atomic E-state index is 5.39. The minimum atomic E-state index is 0.276. The minimum absolute atomic E-state index is 0.276. The lowest BCUT2D eigenvalue weighted by molar-refractivity contribution is 1.24. The Hall–Kier alpha value is 0.630. The van der Waals surface area contributed by atoms with Gasteiger partial charge in [0.25, 0.3) is 0 Å². The summed E-state index contributed by atoms with van der Waals surface area (Å²) in [6, 6.07) is 0. The molecule has 0 radical (unpaired) electrons. The summed E-state index contributed by atoms with van der Waals surface area (Å²) in [6.07, 6.45) is 0. The molecule has 0 aromatic rings. The van der Waals surface area contributed by atoms with E-state index in [0.29, 0.717) is 11.6 Å². The van der Waals surface area contributed by atoms with Crippen molar-refractivity contribution in [3.63, 3.8) is 0 Å². The molecule has 0 saturated heterocycles. The Morgan fingerprint density at radius 1 is 1.56 bits per heavy atom. The van der Waals surface area contributed by atoms with Crippen LogP contribution < -0.4 is 0 Å². The van der Waals surface area contributed by atoms with Crippen molar-refractivity contribution >= 4 is 49.4 Å². The highest BCUT2D eigenvalue weighted by Crippen LogP contribution is 2.13. The van der Waals surface area contributed by atoms with Crippen LogP contribution in [0.25, 0.3) is 0 Å². The number of hydrogen-bond acceptors (Lipinski definition) is 2. The Labute approximate surface area is 72.6 Å². The molecule has 0 bridgehead atoms. The standard InChI is InChI=1S/C4H4Cl3NS/c1-3(5)2-8-4(6)9-7/h1-2H2/b8-4+. The van der Waals surface area contributed by atoms with Crippen molar-refractivity contribution in [2.75, 3.05) is 6.54 Å². The summed E-state index contributed by atoms with van der Waals surface area (Å²) in [7, 11) is 6.07. The molecule has 0 aliphatic carbocycles. The predicted octanol–water partition coefficient (Wildman–Crippen LogP) is 3.22. The second-order valence-electron chi connectivity index (χ2n) is 1.16. The van der Waals surface area contributed by atoms with Gasteiger partial charge in [0, 0.05) is 16.0 Å².